The molecule has 1 rings (SSSR count). The first kappa shape index (κ1) is 13.5. The number of anilines is 1. The van der Waals surface area contributed by atoms with Crippen LogP contribution in [-0.2, 0) is 0 Å². The molecule has 1 aromatic rings. The zero-order valence-electron chi connectivity index (χ0n) is 9.72. The first-order valence-corrected chi connectivity index (χ1v) is 5.59. The zero-order valence-corrected chi connectivity index (χ0v) is 10.5. The van der Waals surface area contributed by atoms with Crippen molar-refractivity contribution in [3.05, 3.63) is 17.5 Å². The van der Waals surface area contributed by atoms with E-state index in [1.165, 1.54) is 11.2 Å². The lowest BCUT2D eigenvalue weighted by atomic mass is 10.3. The van der Waals surface area contributed by atoms with Gasteiger partial charge < -0.3 is 15.3 Å². The van der Waals surface area contributed by atoms with Crippen LogP contribution in [0.5, 0.6) is 0 Å². The second-order valence-corrected chi connectivity index (χ2v) is 4.11. The van der Waals surface area contributed by atoms with Crippen molar-refractivity contribution in [2.45, 2.75) is 19.9 Å². The van der Waals surface area contributed by atoms with E-state index in [0.29, 0.717) is 24.1 Å². The predicted molar refractivity (Wildman–Crippen MR) is 65.4 cm³/mol. The molecule has 0 aliphatic heterocycles. The van der Waals surface area contributed by atoms with E-state index >= 15 is 0 Å². The Morgan fingerprint density at radius 1 is 1.59 bits per heavy atom. The molecule has 0 bridgehead atoms. The van der Waals surface area contributed by atoms with Gasteiger partial charge in [-0.05, 0) is 13.8 Å². The van der Waals surface area contributed by atoms with E-state index in [9.17, 15) is 4.79 Å². The van der Waals surface area contributed by atoms with E-state index < -0.39 is 6.09 Å². The number of rotatable bonds is 5. The quantitative estimate of drug-likeness (QED) is 0.789. The van der Waals surface area contributed by atoms with Crippen molar-refractivity contribution in [2.75, 3.05) is 18.4 Å². The van der Waals surface area contributed by atoms with Crippen molar-refractivity contribution in [2.24, 2.45) is 0 Å². The zero-order chi connectivity index (χ0) is 12.8. The highest BCUT2D eigenvalue weighted by Gasteiger charge is 2.14. The van der Waals surface area contributed by atoms with E-state index in [4.69, 9.17) is 16.7 Å². The highest BCUT2D eigenvalue weighted by atomic mass is 35.5. The first-order chi connectivity index (χ1) is 8.00. The summed E-state index contributed by atoms with van der Waals surface area (Å²) in [6.45, 7) is 4.51. The molecule has 0 aliphatic carbocycles. The molecule has 0 saturated heterocycles. The molecule has 0 fully saturated rings. The van der Waals surface area contributed by atoms with Gasteiger partial charge in [-0.2, -0.15) is 0 Å². The van der Waals surface area contributed by atoms with Gasteiger partial charge in [0.15, 0.2) is 0 Å². The number of hydrogen-bond acceptors (Lipinski definition) is 4. The maximum Gasteiger partial charge on any atom is 0.407 e. The van der Waals surface area contributed by atoms with Gasteiger partial charge >= 0.3 is 6.09 Å². The molecule has 1 aromatic heterocycles. The summed E-state index contributed by atoms with van der Waals surface area (Å²) in [6, 6.07) is 1.53. The van der Waals surface area contributed by atoms with E-state index in [2.05, 4.69) is 15.3 Å². The van der Waals surface area contributed by atoms with Gasteiger partial charge in [-0.15, -0.1) is 0 Å². The Labute approximate surface area is 105 Å². The van der Waals surface area contributed by atoms with Crippen LogP contribution in [0.2, 0.25) is 5.15 Å². The minimum Gasteiger partial charge on any atom is -0.465 e. The van der Waals surface area contributed by atoms with Crippen LogP contribution >= 0.6 is 11.6 Å². The van der Waals surface area contributed by atoms with E-state index in [1.54, 1.807) is 6.07 Å². The van der Waals surface area contributed by atoms with Crippen LogP contribution in [0.4, 0.5) is 10.6 Å². The van der Waals surface area contributed by atoms with Crippen LogP contribution in [0.3, 0.4) is 0 Å². The van der Waals surface area contributed by atoms with Crippen molar-refractivity contribution in [1.82, 2.24) is 14.9 Å². The molecule has 94 valence electrons. The van der Waals surface area contributed by atoms with Gasteiger partial charge in [-0.1, -0.05) is 11.6 Å². The lowest BCUT2D eigenvalue weighted by Crippen LogP contribution is -2.39. The van der Waals surface area contributed by atoms with Crippen molar-refractivity contribution in [3.63, 3.8) is 0 Å². The summed E-state index contributed by atoms with van der Waals surface area (Å²) in [5.41, 5.74) is 0. The number of aromatic nitrogens is 2. The number of halogens is 1. The largest absolute Gasteiger partial charge is 0.465 e. The lowest BCUT2D eigenvalue weighted by Gasteiger charge is -2.23. The van der Waals surface area contributed by atoms with Gasteiger partial charge in [-0.25, -0.2) is 14.8 Å². The van der Waals surface area contributed by atoms with E-state index in [1.807, 2.05) is 13.8 Å². The minimum atomic E-state index is -0.928. The third-order valence-electron chi connectivity index (χ3n) is 2.16. The van der Waals surface area contributed by atoms with Gasteiger partial charge in [0.1, 0.15) is 17.3 Å². The SMILES string of the molecule is CC(C)N(CCNc1cc(Cl)ncn1)C(=O)O. The molecule has 1 amide bonds. The van der Waals surface area contributed by atoms with Crippen molar-refractivity contribution < 1.29 is 9.90 Å². The number of carbonyl (C=O) groups is 1. The Morgan fingerprint density at radius 2 is 2.29 bits per heavy atom. The number of nitrogens with one attached hydrogen (secondary N) is 1. The van der Waals surface area contributed by atoms with Gasteiger partial charge in [-0.3, -0.25) is 0 Å². The van der Waals surface area contributed by atoms with E-state index in [-0.39, 0.29) is 6.04 Å². The third kappa shape index (κ3) is 4.44. The summed E-state index contributed by atoms with van der Waals surface area (Å²) in [7, 11) is 0. The normalized spacial score (nSPS) is 10.4. The topological polar surface area (TPSA) is 78.3 Å². The second-order valence-electron chi connectivity index (χ2n) is 3.72. The summed E-state index contributed by atoms with van der Waals surface area (Å²) >= 11 is 5.69. The minimum absolute atomic E-state index is 0.0525. The van der Waals surface area contributed by atoms with Crippen LogP contribution in [0.15, 0.2) is 12.4 Å². The van der Waals surface area contributed by atoms with Gasteiger partial charge in [0, 0.05) is 25.2 Å². The monoisotopic (exact) mass is 258 g/mol. The highest BCUT2D eigenvalue weighted by Crippen LogP contribution is 2.08. The van der Waals surface area contributed by atoms with Gasteiger partial charge in [0.25, 0.3) is 0 Å². The highest BCUT2D eigenvalue weighted by molar-refractivity contribution is 6.29. The Kier molecular flexibility index (Phi) is 4.96. The molecular formula is C10H15ClN4O2. The van der Waals surface area contributed by atoms with Crippen LogP contribution < -0.4 is 5.32 Å². The van der Waals surface area contributed by atoms with Crippen molar-refractivity contribution in [1.29, 1.82) is 0 Å². The van der Waals surface area contributed by atoms with Gasteiger partial charge in [0.05, 0.1) is 0 Å². The average molecular weight is 259 g/mol. The number of amides is 1. The van der Waals surface area contributed by atoms with Crippen molar-refractivity contribution >= 4 is 23.5 Å². The Hall–Kier alpha value is -1.56. The summed E-state index contributed by atoms with van der Waals surface area (Å²) in [5, 5.41) is 12.3. The lowest BCUT2D eigenvalue weighted by molar-refractivity contribution is 0.134. The molecule has 1 heterocycles. The number of carboxylic acid groups (broad SMARTS) is 1. The van der Waals surface area contributed by atoms with Crippen LogP contribution in [0.25, 0.3) is 0 Å². The molecule has 0 atom stereocenters. The van der Waals surface area contributed by atoms with Crippen LogP contribution in [0, 0.1) is 0 Å². The summed E-state index contributed by atoms with van der Waals surface area (Å²) in [6.07, 6.45) is 0.421. The fourth-order valence-corrected chi connectivity index (χ4v) is 1.46. The van der Waals surface area contributed by atoms with Crippen molar-refractivity contribution in [3.8, 4) is 0 Å². The average Bonchev–Trinajstić information content (AvgIpc) is 2.23. The molecule has 0 aliphatic rings. The van der Waals surface area contributed by atoms with Crippen LogP contribution in [-0.4, -0.2) is 45.2 Å². The second kappa shape index (κ2) is 6.24. The molecule has 7 heteroatoms. The van der Waals surface area contributed by atoms with Crippen LogP contribution in [0.1, 0.15) is 13.8 Å². The predicted octanol–water partition coefficient (Wildman–Crippen LogP) is 1.93. The number of nitrogens with zero attached hydrogens (tertiary/aromatic N) is 3. The Balaban J connectivity index is 2.44. The molecule has 0 radical (unpaired) electrons. The molecule has 6 nitrogen and oxygen atoms in total. The fraction of sp³-hybridized carbons (Fsp3) is 0.500. The first-order valence-electron chi connectivity index (χ1n) is 5.21. The Morgan fingerprint density at radius 3 is 2.82 bits per heavy atom. The summed E-state index contributed by atoms with van der Waals surface area (Å²) in [5.74, 6) is 0.582. The maximum absolute atomic E-state index is 10.9. The van der Waals surface area contributed by atoms with E-state index in [0.717, 1.165) is 0 Å². The molecule has 0 aromatic carbocycles. The Bertz CT molecular complexity index is 386. The standard InChI is InChI=1S/C10H15ClN4O2/c1-7(2)15(10(16)17)4-3-12-9-5-8(11)13-6-14-9/h5-7H,3-4H2,1-2H3,(H,16,17)(H,12,13,14). The third-order valence-corrected chi connectivity index (χ3v) is 2.37. The summed E-state index contributed by atoms with van der Waals surface area (Å²) in [4.78, 5) is 19.9. The van der Waals surface area contributed by atoms with Gasteiger partial charge in [0.2, 0.25) is 0 Å². The molecule has 0 saturated carbocycles. The molecule has 0 unspecified atom stereocenters. The molecular weight excluding hydrogens is 244 g/mol. The smallest absolute Gasteiger partial charge is 0.407 e. The summed E-state index contributed by atoms with van der Waals surface area (Å²) < 4.78 is 0. The molecule has 17 heavy (non-hydrogen) atoms. The molecule has 0 spiro atoms. The number of hydrogen-bond donors (Lipinski definition) is 2. The fourth-order valence-electron chi connectivity index (χ4n) is 1.31. The maximum atomic E-state index is 10.9. The molecule has 2 N–H and O–H groups in total.